The van der Waals surface area contributed by atoms with Gasteiger partial charge in [-0.1, -0.05) is 19.3 Å². The molecule has 1 saturated carbocycles. The van der Waals surface area contributed by atoms with E-state index >= 15 is 0 Å². The quantitative estimate of drug-likeness (QED) is 0.149. The van der Waals surface area contributed by atoms with Gasteiger partial charge < -0.3 is 20.7 Å². The summed E-state index contributed by atoms with van der Waals surface area (Å²) in [7, 11) is 1.89. The molecule has 1 amide bonds. The molecule has 1 aromatic carbocycles. The number of hydrogen-bond acceptors (Lipinski definition) is 8. The van der Waals surface area contributed by atoms with E-state index in [1.807, 2.05) is 33.9 Å². The van der Waals surface area contributed by atoms with Crippen LogP contribution in [0.1, 0.15) is 71.3 Å². The molecular formula is C24H41N7O2S. The molecule has 1 saturated heterocycles. The highest BCUT2D eigenvalue weighted by Crippen LogP contribution is 2.27. The van der Waals surface area contributed by atoms with Crippen LogP contribution in [0.4, 0.5) is 10.5 Å². The predicted octanol–water partition coefficient (Wildman–Crippen LogP) is 3.85. The van der Waals surface area contributed by atoms with Crippen LogP contribution in [0.5, 0.6) is 0 Å². The first kappa shape index (κ1) is 26.4. The van der Waals surface area contributed by atoms with Crippen LogP contribution in [-0.2, 0) is 4.74 Å². The van der Waals surface area contributed by atoms with Crippen molar-refractivity contribution in [1.29, 1.82) is 0 Å². The summed E-state index contributed by atoms with van der Waals surface area (Å²) in [5.74, 6) is 6.71. The zero-order chi connectivity index (χ0) is 24.7. The number of benzene rings is 1. The number of hydrazone groups is 1. The molecule has 1 heterocycles. The van der Waals surface area contributed by atoms with Gasteiger partial charge in [0.1, 0.15) is 5.60 Å². The maximum absolute atomic E-state index is 12.5. The molecule has 0 radical (unpaired) electrons. The molecule has 9 nitrogen and oxygen atoms in total. The molecule has 1 aliphatic carbocycles. The fraction of sp³-hybridized carbons (Fsp3) is 0.667. The summed E-state index contributed by atoms with van der Waals surface area (Å²) in [6.45, 7) is 6.70. The number of hydrazine groups is 1. The third-order valence-electron chi connectivity index (χ3n) is 6.10. The second kappa shape index (κ2) is 12.0. The zero-order valence-electron chi connectivity index (χ0n) is 21.0. The average Bonchev–Trinajstić information content (AvgIpc) is 2.80. The standard InChI is InChI=1S/C24H41N7O2S/c1-24(2,3)33-23(32)30-14-8-11-18(16-30)31(26)29-22(25)20-15-19(34-27-4)12-13-21(20)28-17-9-6-5-7-10-17/h12-13,15,17-18,27-28H,5-11,14,16,26H2,1-4H3,(H2,25,29). The highest BCUT2D eigenvalue weighted by molar-refractivity contribution is 7.97. The van der Waals surface area contributed by atoms with Gasteiger partial charge in [0.15, 0.2) is 5.84 Å². The van der Waals surface area contributed by atoms with Crippen molar-refractivity contribution in [2.45, 2.75) is 88.3 Å². The molecule has 2 aliphatic rings. The number of rotatable bonds is 7. The number of likely N-dealkylation sites (tertiary alicyclic amines) is 1. The van der Waals surface area contributed by atoms with Gasteiger partial charge in [-0.3, -0.25) is 4.72 Å². The minimum Gasteiger partial charge on any atom is -0.444 e. The Morgan fingerprint density at radius 3 is 2.62 bits per heavy atom. The molecule has 1 aromatic rings. The minimum absolute atomic E-state index is 0.135. The van der Waals surface area contributed by atoms with Gasteiger partial charge in [0.2, 0.25) is 0 Å². The number of amides is 1. The lowest BCUT2D eigenvalue weighted by atomic mass is 9.95. The van der Waals surface area contributed by atoms with Crippen LogP contribution in [0.15, 0.2) is 28.2 Å². The Balaban J connectivity index is 1.75. The molecule has 1 unspecified atom stereocenters. The van der Waals surface area contributed by atoms with Crippen molar-refractivity contribution in [3.8, 4) is 0 Å². The van der Waals surface area contributed by atoms with Crippen molar-refractivity contribution in [2.24, 2.45) is 16.7 Å². The van der Waals surface area contributed by atoms with E-state index in [0.29, 0.717) is 25.0 Å². The number of nitrogens with zero attached hydrogens (tertiary/aromatic N) is 3. The molecular weight excluding hydrogens is 450 g/mol. The number of hydrogen-bond donors (Lipinski definition) is 4. The number of anilines is 1. The van der Waals surface area contributed by atoms with Crippen LogP contribution >= 0.6 is 11.9 Å². The Labute approximate surface area is 208 Å². The Morgan fingerprint density at radius 2 is 1.94 bits per heavy atom. The molecule has 0 bridgehead atoms. The van der Waals surface area contributed by atoms with E-state index in [1.54, 1.807) is 4.90 Å². The summed E-state index contributed by atoms with van der Waals surface area (Å²) in [5, 5.41) is 9.64. The molecule has 3 rings (SSSR count). The van der Waals surface area contributed by atoms with E-state index in [1.165, 1.54) is 36.3 Å². The Morgan fingerprint density at radius 1 is 1.21 bits per heavy atom. The van der Waals surface area contributed by atoms with Crippen LogP contribution in [0, 0.1) is 0 Å². The van der Waals surface area contributed by atoms with Crippen molar-refractivity contribution in [2.75, 3.05) is 25.5 Å². The highest BCUT2D eigenvalue weighted by atomic mass is 32.2. The van der Waals surface area contributed by atoms with Gasteiger partial charge in [0.05, 0.1) is 6.04 Å². The first-order chi connectivity index (χ1) is 16.2. The van der Waals surface area contributed by atoms with Gasteiger partial charge in [-0.15, -0.1) is 5.10 Å². The van der Waals surface area contributed by atoms with Gasteiger partial charge in [-0.25, -0.2) is 15.8 Å². The van der Waals surface area contributed by atoms with Crippen LogP contribution in [-0.4, -0.2) is 59.8 Å². The summed E-state index contributed by atoms with van der Waals surface area (Å²) >= 11 is 1.53. The second-order valence-corrected chi connectivity index (χ2v) is 11.2. The van der Waals surface area contributed by atoms with E-state index in [0.717, 1.165) is 41.8 Å². The molecule has 0 spiro atoms. The van der Waals surface area contributed by atoms with Gasteiger partial charge in [-0.2, -0.15) is 0 Å². The number of piperidine rings is 1. The Kier molecular flexibility index (Phi) is 9.32. The van der Waals surface area contributed by atoms with Gasteiger partial charge in [0.25, 0.3) is 0 Å². The molecule has 6 N–H and O–H groups in total. The molecule has 2 fully saturated rings. The lowest BCUT2D eigenvalue weighted by Gasteiger charge is -2.36. The van der Waals surface area contributed by atoms with E-state index in [2.05, 4.69) is 27.3 Å². The van der Waals surface area contributed by atoms with Crippen molar-refractivity contribution >= 4 is 29.6 Å². The van der Waals surface area contributed by atoms with E-state index in [9.17, 15) is 4.79 Å². The Hall–Kier alpha value is -2.17. The van der Waals surface area contributed by atoms with E-state index in [4.69, 9.17) is 16.3 Å². The first-order valence-electron chi connectivity index (χ1n) is 12.3. The predicted molar refractivity (Wildman–Crippen MR) is 139 cm³/mol. The van der Waals surface area contributed by atoms with Crippen molar-refractivity contribution < 1.29 is 9.53 Å². The smallest absolute Gasteiger partial charge is 0.410 e. The minimum atomic E-state index is -0.535. The van der Waals surface area contributed by atoms with Crippen LogP contribution < -0.4 is 21.6 Å². The monoisotopic (exact) mass is 491 g/mol. The van der Waals surface area contributed by atoms with Crippen molar-refractivity contribution in [1.82, 2.24) is 14.7 Å². The first-order valence-corrected chi connectivity index (χ1v) is 13.1. The van der Waals surface area contributed by atoms with Crippen LogP contribution in [0.3, 0.4) is 0 Å². The summed E-state index contributed by atoms with van der Waals surface area (Å²) in [4.78, 5) is 15.3. The summed E-state index contributed by atoms with van der Waals surface area (Å²) in [5.41, 5.74) is 7.78. The topological polar surface area (TPSA) is 121 Å². The third-order valence-corrected chi connectivity index (χ3v) is 6.79. The highest BCUT2D eigenvalue weighted by Gasteiger charge is 2.30. The number of ether oxygens (including phenoxy) is 1. The molecule has 10 heteroatoms. The average molecular weight is 492 g/mol. The Bertz CT molecular complexity index is 852. The van der Waals surface area contributed by atoms with Gasteiger partial charge >= 0.3 is 6.09 Å². The van der Waals surface area contributed by atoms with Crippen molar-refractivity contribution in [3.05, 3.63) is 23.8 Å². The number of amidine groups is 1. The number of carbonyl (C=O) groups is 1. The SMILES string of the molecule is CNSc1ccc(NC2CCCCC2)c(/C(N)=N/N(N)C2CCCN(C(=O)OC(C)(C)C)C2)c1. The van der Waals surface area contributed by atoms with Crippen LogP contribution in [0.25, 0.3) is 0 Å². The molecule has 190 valence electrons. The number of nitrogens with two attached hydrogens (primary N) is 2. The van der Waals surface area contributed by atoms with Crippen LogP contribution in [0.2, 0.25) is 0 Å². The van der Waals surface area contributed by atoms with E-state index < -0.39 is 5.60 Å². The van der Waals surface area contributed by atoms with Gasteiger partial charge in [-0.05, 0) is 83.6 Å². The fourth-order valence-electron chi connectivity index (χ4n) is 4.43. The van der Waals surface area contributed by atoms with Gasteiger partial charge in [0, 0.05) is 35.3 Å². The summed E-state index contributed by atoms with van der Waals surface area (Å²) < 4.78 is 8.64. The molecule has 34 heavy (non-hydrogen) atoms. The fourth-order valence-corrected chi connectivity index (χ4v) is 4.98. The maximum Gasteiger partial charge on any atom is 0.410 e. The zero-order valence-corrected chi connectivity index (χ0v) is 21.8. The van der Waals surface area contributed by atoms with Crippen molar-refractivity contribution in [3.63, 3.8) is 0 Å². The number of carbonyl (C=O) groups excluding carboxylic acids is 1. The normalized spacial score (nSPS) is 20.2. The molecule has 1 aliphatic heterocycles. The third kappa shape index (κ3) is 7.68. The lowest BCUT2D eigenvalue weighted by Crippen LogP contribution is -2.51. The summed E-state index contributed by atoms with van der Waals surface area (Å²) in [6.07, 6.45) is 7.46. The number of nitrogens with one attached hydrogen (secondary N) is 2. The maximum atomic E-state index is 12.5. The van der Waals surface area contributed by atoms with E-state index in [-0.39, 0.29) is 12.1 Å². The summed E-state index contributed by atoms with van der Waals surface area (Å²) in [6, 6.07) is 6.48. The molecule has 0 aromatic heterocycles. The molecule has 1 atom stereocenters. The lowest BCUT2D eigenvalue weighted by molar-refractivity contribution is 0.0107. The second-order valence-electron chi connectivity index (χ2n) is 10.1. The largest absolute Gasteiger partial charge is 0.444 e.